The third kappa shape index (κ3) is 7.53. The summed E-state index contributed by atoms with van der Waals surface area (Å²) in [6, 6.07) is 21.8. The zero-order valence-corrected chi connectivity index (χ0v) is 19.7. The summed E-state index contributed by atoms with van der Waals surface area (Å²) in [7, 11) is 0. The van der Waals surface area contributed by atoms with Crippen LogP contribution in [0.3, 0.4) is 0 Å². The minimum Gasteiger partial charge on any atom is -0.483 e. The van der Waals surface area contributed by atoms with Gasteiger partial charge in [-0.25, -0.2) is 5.43 Å². The number of carbonyl (C=O) groups excluding carboxylic acids is 3. The summed E-state index contributed by atoms with van der Waals surface area (Å²) in [5.74, 6) is -1.63. The van der Waals surface area contributed by atoms with Gasteiger partial charge >= 0.3 is 11.8 Å². The maximum atomic E-state index is 12.3. The molecule has 0 aromatic heterocycles. The van der Waals surface area contributed by atoms with E-state index in [0.29, 0.717) is 22.7 Å². The fourth-order valence-corrected chi connectivity index (χ4v) is 3.22. The molecular formula is C27H28N4O4. The first-order chi connectivity index (χ1) is 17.0. The van der Waals surface area contributed by atoms with Gasteiger partial charge in [0, 0.05) is 16.9 Å². The second-order valence-electron chi connectivity index (χ2n) is 7.59. The normalized spacial score (nSPS) is 10.6. The lowest BCUT2D eigenvalue weighted by Gasteiger charge is -2.10. The van der Waals surface area contributed by atoms with E-state index in [1.165, 1.54) is 11.8 Å². The Balaban J connectivity index is 1.53. The van der Waals surface area contributed by atoms with Gasteiger partial charge in [-0.2, -0.15) is 5.10 Å². The maximum absolute atomic E-state index is 12.3. The van der Waals surface area contributed by atoms with Crippen LogP contribution >= 0.6 is 0 Å². The molecule has 0 unspecified atom stereocenters. The molecule has 0 radical (unpaired) electrons. The number of para-hydroxylation sites is 2. The van der Waals surface area contributed by atoms with Gasteiger partial charge in [0.15, 0.2) is 6.61 Å². The number of hydrogen-bond acceptors (Lipinski definition) is 5. The van der Waals surface area contributed by atoms with Crippen LogP contribution in [-0.2, 0) is 27.2 Å². The molecule has 0 atom stereocenters. The van der Waals surface area contributed by atoms with E-state index in [4.69, 9.17) is 4.74 Å². The number of anilines is 2. The minimum atomic E-state index is -0.904. The summed E-state index contributed by atoms with van der Waals surface area (Å²) in [5, 5.41) is 9.22. The Hall–Kier alpha value is -4.46. The Morgan fingerprint density at radius 3 is 2.29 bits per heavy atom. The summed E-state index contributed by atoms with van der Waals surface area (Å²) in [6.45, 7) is 3.82. The molecule has 3 amide bonds. The van der Waals surface area contributed by atoms with Gasteiger partial charge in [0.2, 0.25) is 0 Å². The quantitative estimate of drug-likeness (QED) is 0.249. The molecule has 8 heteroatoms. The molecule has 8 nitrogen and oxygen atoms in total. The van der Waals surface area contributed by atoms with Gasteiger partial charge < -0.3 is 15.4 Å². The van der Waals surface area contributed by atoms with Crippen molar-refractivity contribution in [3.63, 3.8) is 0 Å². The third-order valence-electron chi connectivity index (χ3n) is 5.15. The van der Waals surface area contributed by atoms with E-state index < -0.39 is 11.8 Å². The minimum absolute atomic E-state index is 0.202. The number of aryl methyl sites for hydroxylation is 2. The van der Waals surface area contributed by atoms with Gasteiger partial charge in [-0.15, -0.1) is 0 Å². The van der Waals surface area contributed by atoms with Crippen molar-refractivity contribution in [2.45, 2.75) is 26.7 Å². The molecule has 3 N–H and O–H groups in total. The number of hydrazone groups is 1. The van der Waals surface area contributed by atoms with E-state index in [1.807, 2.05) is 43.3 Å². The van der Waals surface area contributed by atoms with Crippen LogP contribution in [-0.4, -0.2) is 30.5 Å². The Morgan fingerprint density at radius 2 is 1.54 bits per heavy atom. The zero-order valence-electron chi connectivity index (χ0n) is 19.7. The summed E-state index contributed by atoms with van der Waals surface area (Å²) in [6.07, 6.45) is 2.99. The van der Waals surface area contributed by atoms with Crippen molar-refractivity contribution in [1.29, 1.82) is 0 Å². The Labute approximate surface area is 204 Å². The number of benzene rings is 3. The molecule has 180 valence electrons. The van der Waals surface area contributed by atoms with Gasteiger partial charge in [0.25, 0.3) is 5.91 Å². The summed E-state index contributed by atoms with van der Waals surface area (Å²) in [5.41, 5.74) is 6.11. The van der Waals surface area contributed by atoms with Gasteiger partial charge in [0.05, 0.1) is 6.21 Å². The first-order valence-electron chi connectivity index (χ1n) is 11.3. The molecule has 0 bridgehead atoms. The molecule has 0 aliphatic carbocycles. The predicted octanol–water partition coefficient (Wildman–Crippen LogP) is 3.92. The lowest BCUT2D eigenvalue weighted by Crippen LogP contribution is -2.32. The standard InChI is InChI=1S/C27H28N4O4/c1-3-19-13-15-22(16-14-19)29-25(32)18-35-24-12-8-6-10-21(24)17-28-31-27(34)26(33)30-23-11-7-5-9-20(23)4-2/h5-17H,3-4,18H2,1-2H3,(H,29,32)(H,30,33)(H,31,34)/b28-17-. The van der Waals surface area contributed by atoms with Crippen molar-refractivity contribution >= 4 is 35.3 Å². The maximum Gasteiger partial charge on any atom is 0.329 e. The molecule has 0 aliphatic rings. The first-order valence-corrected chi connectivity index (χ1v) is 11.3. The lowest BCUT2D eigenvalue weighted by atomic mass is 10.1. The molecule has 35 heavy (non-hydrogen) atoms. The molecule has 0 fully saturated rings. The van der Waals surface area contributed by atoms with Crippen molar-refractivity contribution < 1.29 is 19.1 Å². The smallest absolute Gasteiger partial charge is 0.329 e. The van der Waals surface area contributed by atoms with E-state index in [1.54, 1.807) is 36.4 Å². The van der Waals surface area contributed by atoms with E-state index in [2.05, 4.69) is 28.1 Å². The molecule has 3 rings (SSSR count). The monoisotopic (exact) mass is 472 g/mol. The van der Waals surface area contributed by atoms with Crippen LogP contribution in [0.5, 0.6) is 5.75 Å². The van der Waals surface area contributed by atoms with Crippen LogP contribution in [0.2, 0.25) is 0 Å². The van der Waals surface area contributed by atoms with Gasteiger partial charge in [-0.3, -0.25) is 14.4 Å². The summed E-state index contributed by atoms with van der Waals surface area (Å²) < 4.78 is 5.63. The average Bonchev–Trinajstić information content (AvgIpc) is 2.88. The van der Waals surface area contributed by atoms with Crippen LogP contribution in [0, 0.1) is 0 Å². The number of amides is 3. The Morgan fingerprint density at radius 1 is 0.829 bits per heavy atom. The van der Waals surface area contributed by atoms with Crippen molar-refractivity contribution in [3.8, 4) is 5.75 Å². The zero-order chi connectivity index (χ0) is 25.0. The van der Waals surface area contributed by atoms with Gasteiger partial charge in [-0.05, 0) is 54.3 Å². The number of rotatable bonds is 9. The highest BCUT2D eigenvalue weighted by molar-refractivity contribution is 6.39. The topological polar surface area (TPSA) is 109 Å². The molecule has 0 saturated carbocycles. The number of nitrogens with one attached hydrogen (secondary N) is 3. The molecule has 3 aromatic rings. The average molecular weight is 473 g/mol. The number of carbonyl (C=O) groups is 3. The van der Waals surface area contributed by atoms with Gasteiger partial charge in [-0.1, -0.05) is 56.3 Å². The van der Waals surface area contributed by atoms with Crippen molar-refractivity contribution in [3.05, 3.63) is 89.5 Å². The Kier molecular flexibility index (Phi) is 9.13. The van der Waals surface area contributed by atoms with Crippen LogP contribution in [0.1, 0.15) is 30.5 Å². The first kappa shape index (κ1) is 25.2. The molecule has 3 aromatic carbocycles. The van der Waals surface area contributed by atoms with Crippen LogP contribution < -0.4 is 20.8 Å². The van der Waals surface area contributed by atoms with E-state index >= 15 is 0 Å². The lowest BCUT2D eigenvalue weighted by molar-refractivity contribution is -0.136. The van der Waals surface area contributed by atoms with Gasteiger partial charge in [0.1, 0.15) is 5.75 Å². The molecular weight excluding hydrogens is 444 g/mol. The molecule has 0 saturated heterocycles. The predicted molar refractivity (Wildman–Crippen MR) is 137 cm³/mol. The number of nitrogens with zero attached hydrogens (tertiary/aromatic N) is 1. The van der Waals surface area contributed by atoms with Crippen LogP contribution in [0.25, 0.3) is 0 Å². The molecule has 0 aliphatic heterocycles. The SMILES string of the molecule is CCc1ccc(NC(=O)COc2ccccc2/C=N\NC(=O)C(=O)Nc2ccccc2CC)cc1. The highest BCUT2D eigenvalue weighted by Gasteiger charge is 2.14. The van der Waals surface area contributed by atoms with Crippen molar-refractivity contribution in [1.82, 2.24) is 5.43 Å². The molecule has 0 spiro atoms. The Bertz CT molecular complexity index is 1210. The van der Waals surface area contributed by atoms with Crippen LogP contribution in [0.4, 0.5) is 11.4 Å². The fourth-order valence-electron chi connectivity index (χ4n) is 3.22. The second-order valence-corrected chi connectivity index (χ2v) is 7.59. The highest BCUT2D eigenvalue weighted by atomic mass is 16.5. The van der Waals surface area contributed by atoms with E-state index in [0.717, 1.165) is 18.4 Å². The van der Waals surface area contributed by atoms with Crippen molar-refractivity contribution in [2.24, 2.45) is 5.10 Å². The molecule has 0 heterocycles. The fraction of sp³-hybridized carbons (Fsp3) is 0.185. The van der Waals surface area contributed by atoms with E-state index in [-0.39, 0.29) is 12.5 Å². The van der Waals surface area contributed by atoms with Crippen LogP contribution in [0.15, 0.2) is 77.9 Å². The largest absolute Gasteiger partial charge is 0.483 e. The highest BCUT2D eigenvalue weighted by Crippen LogP contribution is 2.17. The summed E-state index contributed by atoms with van der Waals surface area (Å²) >= 11 is 0. The van der Waals surface area contributed by atoms with Crippen molar-refractivity contribution in [2.75, 3.05) is 17.2 Å². The third-order valence-corrected chi connectivity index (χ3v) is 5.15. The summed E-state index contributed by atoms with van der Waals surface area (Å²) in [4.78, 5) is 36.6. The second kappa shape index (κ2) is 12.7. The number of hydrogen-bond donors (Lipinski definition) is 3. The van der Waals surface area contributed by atoms with E-state index in [9.17, 15) is 14.4 Å². The number of ether oxygens (including phenoxy) is 1.